The Labute approximate surface area is 101 Å². The van der Waals surface area contributed by atoms with E-state index in [9.17, 15) is 4.79 Å². The fourth-order valence-corrected chi connectivity index (χ4v) is 1.85. The topological polar surface area (TPSA) is 17.1 Å². The van der Waals surface area contributed by atoms with Crippen molar-refractivity contribution >= 4 is 23.0 Å². The Bertz CT molecular complexity index is 376. The van der Waals surface area contributed by atoms with Crippen LogP contribution in [0.2, 0.25) is 0 Å². The van der Waals surface area contributed by atoms with Gasteiger partial charge in [0.25, 0.3) is 0 Å². The number of benzene rings is 1. The molecule has 0 saturated heterocycles. The minimum absolute atomic E-state index is 0.697. The van der Waals surface area contributed by atoms with Crippen molar-refractivity contribution in [3.63, 3.8) is 0 Å². The molecule has 1 rings (SSSR count). The van der Waals surface area contributed by atoms with Crippen molar-refractivity contribution < 1.29 is 4.79 Å². The lowest BCUT2D eigenvalue weighted by Crippen LogP contribution is -1.81. The van der Waals surface area contributed by atoms with Crippen LogP contribution in [0, 0.1) is 0 Å². The van der Waals surface area contributed by atoms with Crippen LogP contribution in [0.1, 0.15) is 35.7 Å². The van der Waals surface area contributed by atoms with E-state index in [1.165, 1.54) is 0 Å². The Balaban J connectivity index is 2.55. The number of carbonyl (C=O) groups excluding carboxylic acids is 1. The monoisotopic (exact) mass is 232 g/mol. The Kier molecular flexibility index (Phi) is 5.65. The van der Waals surface area contributed by atoms with Gasteiger partial charge in [-0.05, 0) is 17.4 Å². The molecule has 0 bridgehead atoms. The zero-order chi connectivity index (χ0) is 11.8. The van der Waals surface area contributed by atoms with E-state index >= 15 is 0 Å². The van der Waals surface area contributed by atoms with Crippen LogP contribution in [-0.4, -0.2) is 6.29 Å². The molecule has 1 aromatic rings. The van der Waals surface area contributed by atoms with Crippen molar-refractivity contribution in [3.05, 3.63) is 53.5 Å². The molecule has 0 spiro atoms. The van der Waals surface area contributed by atoms with E-state index in [2.05, 4.69) is 25.0 Å². The molecule has 0 aliphatic rings. The second kappa shape index (κ2) is 7.07. The number of thioether (sulfide) groups is 1. The zero-order valence-corrected chi connectivity index (χ0v) is 10.3. The van der Waals surface area contributed by atoms with Crippen LogP contribution in [0.4, 0.5) is 0 Å². The van der Waals surface area contributed by atoms with Crippen molar-refractivity contribution in [1.82, 2.24) is 0 Å². The molecule has 2 heteroatoms. The molecule has 0 unspecified atom stereocenters. The molecular formula is C14H16OS. The molecule has 16 heavy (non-hydrogen) atoms. The van der Waals surface area contributed by atoms with Gasteiger partial charge in [-0.1, -0.05) is 62.0 Å². The summed E-state index contributed by atoms with van der Waals surface area (Å²) >= 11 is 1.62. The zero-order valence-electron chi connectivity index (χ0n) is 9.48. The van der Waals surface area contributed by atoms with Gasteiger partial charge in [-0.3, -0.25) is 4.79 Å². The lowest BCUT2D eigenvalue weighted by molar-refractivity contribution is 0.112. The SMILES string of the molecule is C=C(S/C=C\CCC)c1ccc(C=O)cc1. The summed E-state index contributed by atoms with van der Waals surface area (Å²) in [6, 6.07) is 7.47. The third-order valence-electron chi connectivity index (χ3n) is 2.13. The number of hydrogen-bond donors (Lipinski definition) is 0. The highest BCUT2D eigenvalue weighted by Crippen LogP contribution is 2.26. The summed E-state index contributed by atoms with van der Waals surface area (Å²) in [5, 5.41) is 2.07. The van der Waals surface area contributed by atoms with Crippen LogP contribution in [-0.2, 0) is 0 Å². The van der Waals surface area contributed by atoms with Crippen molar-refractivity contribution in [2.75, 3.05) is 0 Å². The van der Waals surface area contributed by atoms with Crippen molar-refractivity contribution in [1.29, 1.82) is 0 Å². The highest BCUT2D eigenvalue weighted by Gasteiger charge is 1.97. The highest BCUT2D eigenvalue weighted by molar-refractivity contribution is 8.10. The van der Waals surface area contributed by atoms with E-state index in [0.29, 0.717) is 5.56 Å². The van der Waals surface area contributed by atoms with Gasteiger partial charge < -0.3 is 0 Å². The quantitative estimate of drug-likeness (QED) is 0.671. The van der Waals surface area contributed by atoms with Gasteiger partial charge in [0.05, 0.1) is 0 Å². The maximum Gasteiger partial charge on any atom is 0.150 e. The van der Waals surface area contributed by atoms with Gasteiger partial charge in [-0.15, -0.1) is 0 Å². The second-order valence-corrected chi connectivity index (χ2v) is 4.44. The predicted octanol–water partition coefficient (Wildman–Crippen LogP) is 4.52. The average Bonchev–Trinajstić information content (AvgIpc) is 2.34. The van der Waals surface area contributed by atoms with Gasteiger partial charge in [0.15, 0.2) is 0 Å². The lowest BCUT2D eigenvalue weighted by Gasteiger charge is -2.02. The first-order chi connectivity index (χ1) is 7.77. The summed E-state index contributed by atoms with van der Waals surface area (Å²) in [7, 11) is 0. The molecule has 0 saturated carbocycles. The smallest absolute Gasteiger partial charge is 0.150 e. The van der Waals surface area contributed by atoms with Crippen molar-refractivity contribution in [3.8, 4) is 0 Å². The fourth-order valence-electron chi connectivity index (χ4n) is 1.18. The summed E-state index contributed by atoms with van der Waals surface area (Å²) in [5.74, 6) is 0. The number of carbonyl (C=O) groups is 1. The molecular weight excluding hydrogens is 216 g/mol. The first-order valence-electron chi connectivity index (χ1n) is 5.34. The average molecular weight is 232 g/mol. The first-order valence-corrected chi connectivity index (χ1v) is 6.22. The van der Waals surface area contributed by atoms with Gasteiger partial charge in [0, 0.05) is 10.5 Å². The van der Waals surface area contributed by atoms with Gasteiger partial charge in [0.1, 0.15) is 6.29 Å². The minimum Gasteiger partial charge on any atom is -0.298 e. The van der Waals surface area contributed by atoms with E-state index in [0.717, 1.165) is 29.6 Å². The third kappa shape index (κ3) is 4.07. The first kappa shape index (κ1) is 12.8. The Hall–Kier alpha value is -1.28. The van der Waals surface area contributed by atoms with E-state index < -0.39 is 0 Å². The molecule has 0 fully saturated rings. The van der Waals surface area contributed by atoms with Crippen LogP contribution in [0.15, 0.2) is 42.3 Å². The number of allylic oxidation sites excluding steroid dienone is 1. The number of aldehydes is 1. The standard InChI is InChI=1S/C14H16OS/c1-3-4-5-10-16-12(2)14-8-6-13(11-15)7-9-14/h5-11H,2-4H2,1H3/b10-5-. The predicted molar refractivity (Wildman–Crippen MR) is 72.5 cm³/mol. The van der Waals surface area contributed by atoms with Crippen molar-refractivity contribution in [2.45, 2.75) is 19.8 Å². The summed E-state index contributed by atoms with van der Waals surface area (Å²) in [5.41, 5.74) is 1.76. The van der Waals surface area contributed by atoms with Crippen LogP contribution in [0.3, 0.4) is 0 Å². The molecule has 1 nitrogen and oxygen atoms in total. The second-order valence-electron chi connectivity index (χ2n) is 3.44. The molecule has 0 heterocycles. The number of rotatable bonds is 6. The van der Waals surface area contributed by atoms with Gasteiger partial charge in [-0.2, -0.15) is 0 Å². The van der Waals surface area contributed by atoms with Gasteiger partial charge in [-0.25, -0.2) is 0 Å². The summed E-state index contributed by atoms with van der Waals surface area (Å²) in [6.45, 7) is 6.16. The van der Waals surface area contributed by atoms with Crippen LogP contribution >= 0.6 is 11.8 Å². The lowest BCUT2D eigenvalue weighted by atomic mass is 10.1. The normalized spacial score (nSPS) is 10.6. The molecule has 0 atom stereocenters. The van der Waals surface area contributed by atoms with E-state index in [-0.39, 0.29) is 0 Å². The molecule has 1 aromatic carbocycles. The van der Waals surface area contributed by atoms with E-state index in [1.807, 2.05) is 24.3 Å². The van der Waals surface area contributed by atoms with Gasteiger partial charge >= 0.3 is 0 Å². The molecule has 0 N–H and O–H groups in total. The molecule has 0 aromatic heterocycles. The van der Waals surface area contributed by atoms with Crippen molar-refractivity contribution in [2.24, 2.45) is 0 Å². The number of hydrogen-bond acceptors (Lipinski definition) is 2. The molecule has 0 radical (unpaired) electrons. The van der Waals surface area contributed by atoms with E-state index in [1.54, 1.807) is 11.8 Å². The largest absolute Gasteiger partial charge is 0.298 e. The van der Waals surface area contributed by atoms with Crippen LogP contribution in [0.25, 0.3) is 4.91 Å². The van der Waals surface area contributed by atoms with Crippen LogP contribution in [0.5, 0.6) is 0 Å². The fraction of sp³-hybridized carbons (Fsp3) is 0.214. The van der Waals surface area contributed by atoms with Crippen LogP contribution < -0.4 is 0 Å². The summed E-state index contributed by atoms with van der Waals surface area (Å²) in [6.07, 6.45) is 5.26. The van der Waals surface area contributed by atoms with Gasteiger partial charge in [0.2, 0.25) is 0 Å². The molecule has 0 aliphatic heterocycles. The highest BCUT2D eigenvalue weighted by atomic mass is 32.2. The molecule has 0 aliphatic carbocycles. The summed E-state index contributed by atoms with van der Waals surface area (Å²) in [4.78, 5) is 11.5. The number of unbranched alkanes of at least 4 members (excludes halogenated alkanes) is 1. The maximum absolute atomic E-state index is 10.5. The summed E-state index contributed by atoms with van der Waals surface area (Å²) < 4.78 is 0. The Morgan fingerprint density at radius 2 is 2.06 bits per heavy atom. The maximum atomic E-state index is 10.5. The Morgan fingerprint density at radius 1 is 1.38 bits per heavy atom. The molecule has 84 valence electrons. The minimum atomic E-state index is 0.697. The third-order valence-corrected chi connectivity index (χ3v) is 2.98. The molecule has 0 amide bonds. The Morgan fingerprint density at radius 3 is 2.62 bits per heavy atom. The van der Waals surface area contributed by atoms with E-state index in [4.69, 9.17) is 0 Å².